The van der Waals surface area contributed by atoms with Gasteiger partial charge in [-0.25, -0.2) is 0 Å². The van der Waals surface area contributed by atoms with E-state index in [1.54, 1.807) is 6.20 Å². The molecular weight excluding hydrogens is 436 g/mol. The summed E-state index contributed by atoms with van der Waals surface area (Å²) in [5.41, 5.74) is 2.91. The number of hydrogen-bond donors (Lipinski definition) is 2. The monoisotopic (exact) mass is 492 g/mol. The summed E-state index contributed by atoms with van der Waals surface area (Å²) in [4.78, 5) is 0. The normalized spacial score (nSPS) is 10.4. The van der Waals surface area contributed by atoms with Crippen LogP contribution in [0, 0.1) is 0 Å². The molecule has 0 unspecified atom stereocenters. The number of halogens is 1. The summed E-state index contributed by atoms with van der Waals surface area (Å²) >= 11 is 0. The first-order valence-electron chi connectivity index (χ1n) is 14.1. The topological polar surface area (TPSA) is 24.1 Å². The standard InChI is InChI=1S/C27H45N.C4H11N.ClH/c1-3-5-6-7-8-9-10-11-12-13-14-15-16-17-18-19-22-26-23-20-21-24-27(26)25-28-4-2;1-3-5-4-2;/h4,11-12,20-21,23-24,28H,2-3,5-10,13-19,22,25H2,1H3;5H,3-4H2,1-2H3;1H/b12-11-;;. The Labute approximate surface area is 219 Å². The predicted molar refractivity (Wildman–Crippen MR) is 158 cm³/mol. The fraction of sp³-hybridized carbons (Fsp3) is 0.677. The van der Waals surface area contributed by atoms with E-state index in [1.807, 2.05) is 0 Å². The lowest BCUT2D eigenvalue weighted by molar-refractivity contribution is 0.594. The lowest BCUT2D eigenvalue weighted by atomic mass is 10.00. The Balaban J connectivity index is 0. The molecule has 0 aromatic heterocycles. The van der Waals surface area contributed by atoms with E-state index in [4.69, 9.17) is 0 Å². The first-order valence-corrected chi connectivity index (χ1v) is 14.1. The average molecular weight is 493 g/mol. The van der Waals surface area contributed by atoms with Crippen LogP contribution in [0.1, 0.15) is 122 Å². The van der Waals surface area contributed by atoms with Crippen molar-refractivity contribution in [2.24, 2.45) is 0 Å². The summed E-state index contributed by atoms with van der Waals surface area (Å²) in [6, 6.07) is 8.79. The van der Waals surface area contributed by atoms with Crippen LogP contribution in [0.4, 0.5) is 0 Å². The minimum atomic E-state index is 0. The number of unbranched alkanes of at least 4 members (excludes halogenated alkanes) is 12. The van der Waals surface area contributed by atoms with Crippen molar-refractivity contribution in [2.75, 3.05) is 13.1 Å². The Hall–Kier alpha value is -1.25. The molecular formula is C31H57ClN2. The Morgan fingerprint density at radius 2 is 1.18 bits per heavy atom. The van der Waals surface area contributed by atoms with Gasteiger partial charge >= 0.3 is 0 Å². The van der Waals surface area contributed by atoms with Crippen molar-refractivity contribution in [1.82, 2.24) is 10.6 Å². The highest BCUT2D eigenvalue weighted by Gasteiger charge is 2.01. The lowest BCUT2D eigenvalue weighted by Gasteiger charge is -2.09. The summed E-state index contributed by atoms with van der Waals surface area (Å²) in [7, 11) is 0. The van der Waals surface area contributed by atoms with E-state index < -0.39 is 0 Å². The summed E-state index contributed by atoms with van der Waals surface area (Å²) in [5.74, 6) is 0. The second-order valence-electron chi connectivity index (χ2n) is 9.00. The lowest BCUT2D eigenvalue weighted by Crippen LogP contribution is -2.09. The molecule has 0 heterocycles. The van der Waals surface area contributed by atoms with Gasteiger partial charge in [0, 0.05) is 6.54 Å². The van der Waals surface area contributed by atoms with Crippen molar-refractivity contribution in [2.45, 2.75) is 124 Å². The maximum absolute atomic E-state index is 3.74. The SMILES string of the molecule is C=CNCc1ccccc1CCCCCCCC/C=C\CCCCCCCC.CCNCC.Cl. The maximum atomic E-state index is 3.74. The van der Waals surface area contributed by atoms with Gasteiger partial charge in [-0.3, -0.25) is 0 Å². The van der Waals surface area contributed by atoms with Crippen LogP contribution >= 0.6 is 12.4 Å². The van der Waals surface area contributed by atoms with E-state index in [2.05, 4.69) is 74.4 Å². The highest BCUT2D eigenvalue weighted by Crippen LogP contribution is 2.15. The van der Waals surface area contributed by atoms with Gasteiger partial charge in [-0.2, -0.15) is 0 Å². The number of allylic oxidation sites excluding steroid dienone is 2. The summed E-state index contributed by atoms with van der Waals surface area (Å²) in [6.45, 7) is 13.3. The quantitative estimate of drug-likeness (QED) is 0.132. The predicted octanol–water partition coefficient (Wildman–Crippen LogP) is 9.54. The van der Waals surface area contributed by atoms with Crippen molar-refractivity contribution >= 4 is 12.4 Å². The van der Waals surface area contributed by atoms with Crippen LogP contribution in [0.3, 0.4) is 0 Å². The molecule has 0 saturated carbocycles. The van der Waals surface area contributed by atoms with E-state index in [-0.39, 0.29) is 12.4 Å². The van der Waals surface area contributed by atoms with Gasteiger partial charge in [-0.05, 0) is 68.9 Å². The van der Waals surface area contributed by atoms with Gasteiger partial charge in [0.05, 0.1) is 0 Å². The molecule has 0 saturated heterocycles. The number of rotatable bonds is 21. The third-order valence-electron chi connectivity index (χ3n) is 6.01. The van der Waals surface area contributed by atoms with Crippen LogP contribution in [0.25, 0.3) is 0 Å². The number of aryl methyl sites for hydroxylation is 1. The summed E-state index contributed by atoms with van der Waals surface area (Å²) < 4.78 is 0. The molecule has 0 aliphatic heterocycles. The van der Waals surface area contributed by atoms with Gasteiger partial charge in [0.25, 0.3) is 0 Å². The molecule has 2 nitrogen and oxygen atoms in total. The zero-order valence-electron chi connectivity index (χ0n) is 22.9. The van der Waals surface area contributed by atoms with Crippen molar-refractivity contribution in [1.29, 1.82) is 0 Å². The van der Waals surface area contributed by atoms with Gasteiger partial charge in [0.2, 0.25) is 0 Å². The van der Waals surface area contributed by atoms with Gasteiger partial charge in [-0.1, -0.05) is 122 Å². The molecule has 0 spiro atoms. The fourth-order valence-corrected chi connectivity index (χ4v) is 3.97. The van der Waals surface area contributed by atoms with Crippen LogP contribution in [0.2, 0.25) is 0 Å². The highest BCUT2D eigenvalue weighted by atomic mass is 35.5. The Morgan fingerprint density at radius 1 is 0.676 bits per heavy atom. The van der Waals surface area contributed by atoms with Crippen LogP contribution in [-0.4, -0.2) is 13.1 Å². The maximum Gasteiger partial charge on any atom is 0.0397 e. The molecule has 0 amide bonds. The molecule has 2 N–H and O–H groups in total. The first-order chi connectivity index (χ1) is 16.3. The molecule has 1 aromatic carbocycles. The van der Waals surface area contributed by atoms with E-state index in [0.717, 1.165) is 19.6 Å². The molecule has 1 aromatic rings. The first kappa shape index (κ1) is 34.9. The molecule has 198 valence electrons. The molecule has 0 fully saturated rings. The zero-order chi connectivity index (χ0) is 24.2. The van der Waals surface area contributed by atoms with Gasteiger partial charge in [0.15, 0.2) is 0 Å². The Kier molecular flexibility index (Phi) is 30.6. The second kappa shape index (κ2) is 29.8. The van der Waals surface area contributed by atoms with E-state index in [0.29, 0.717) is 0 Å². The van der Waals surface area contributed by atoms with E-state index in [1.165, 1.54) is 107 Å². The van der Waals surface area contributed by atoms with Crippen LogP contribution in [-0.2, 0) is 13.0 Å². The average Bonchev–Trinajstić information content (AvgIpc) is 2.84. The molecule has 0 aliphatic rings. The summed E-state index contributed by atoms with van der Waals surface area (Å²) in [5, 5.41) is 6.33. The highest BCUT2D eigenvalue weighted by molar-refractivity contribution is 5.85. The van der Waals surface area contributed by atoms with Crippen molar-refractivity contribution in [3.8, 4) is 0 Å². The molecule has 0 bridgehead atoms. The van der Waals surface area contributed by atoms with Crippen LogP contribution < -0.4 is 10.6 Å². The third kappa shape index (κ3) is 23.9. The number of hydrogen-bond acceptors (Lipinski definition) is 2. The van der Waals surface area contributed by atoms with Crippen molar-refractivity contribution in [3.05, 3.63) is 60.3 Å². The van der Waals surface area contributed by atoms with Crippen molar-refractivity contribution < 1.29 is 0 Å². The Morgan fingerprint density at radius 3 is 1.68 bits per heavy atom. The largest absolute Gasteiger partial charge is 0.387 e. The molecule has 1 rings (SSSR count). The molecule has 34 heavy (non-hydrogen) atoms. The van der Waals surface area contributed by atoms with Crippen LogP contribution in [0.15, 0.2) is 49.2 Å². The molecule has 3 heteroatoms. The zero-order valence-corrected chi connectivity index (χ0v) is 23.7. The van der Waals surface area contributed by atoms with Gasteiger partial charge in [0.1, 0.15) is 0 Å². The van der Waals surface area contributed by atoms with E-state index >= 15 is 0 Å². The van der Waals surface area contributed by atoms with Crippen molar-refractivity contribution in [3.63, 3.8) is 0 Å². The van der Waals surface area contributed by atoms with Gasteiger partial charge in [-0.15, -0.1) is 12.4 Å². The minimum Gasteiger partial charge on any atom is -0.387 e. The Bertz CT molecular complexity index is 554. The fourth-order valence-electron chi connectivity index (χ4n) is 3.97. The molecule has 0 aliphatic carbocycles. The van der Waals surface area contributed by atoms with E-state index in [9.17, 15) is 0 Å². The second-order valence-corrected chi connectivity index (χ2v) is 9.00. The van der Waals surface area contributed by atoms with Crippen LogP contribution in [0.5, 0.6) is 0 Å². The molecule has 0 atom stereocenters. The number of benzene rings is 1. The summed E-state index contributed by atoms with van der Waals surface area (Å²) in [6.07, 6.45) is 27.0. The smallest absolute Gasteiger partial charge is 0.0397 e. The third-order valence-corrected chi connectivity index (χ3v) is 6.01. The molecule has 0 radical (unpaired) electrons. The van der Waals surface area contributed by atoms with Gasteiger partial charge < -0.3 is 10.6 Å². The minimum absolute atomic E-state index is 0. The number of nitrogens with one attached hydrogen (secondary N) is 2.